The van der Waals surface area contributed by atoms with Crippen molar-refractivity contribution in [3.63, 3.8) is 0 Å². The lowest BCUT2D eigenvalue weighted by molar-refractivity contribution is -0.137. The number of hydrogen-bond donors (Lipinski definition) is 1. The van der Waals surface area contributed by atoms with Gasteiger partial charge in [-0.2, -0.15) is 13.2 Å². The molecule has 5 nitrogen and oxygen atoms in total. The summed E-state index contributed by atoms with van der Waals surface area (Å²) in [5.41, 5.74) is -0.691. The van der Waals surface area contributed by atoms with Gasteiger partial charge < -0.3 is 15.0 Å². The SMILES string of the molecule is O=C(Nc1cccc(C(F)(F)F)c1)N1CC[C@H](Oc2ccncc2)C1. The molecule has 1 aromatic heterocycles. The minimum absolute atomic E-state index is 0.110. The van der Waals surface area contributed by atoms with Crippen LogP contribution in [0.15, 0.2) is 48.8 Å². The van der Waals surface area contributed by atoms with Crippen LogP contribution in [0.4, 0.5) is 23.7 Å². The van der Waals surface area contributed by atoms with Crippen LogP contribution in [0.1, 0.15) is 12.0 Å². The summed E-state index contributed by atoms with van der Waals surface area (Å²) in [5.74, 6) is 0.667. The van der Waals surface area contributed by atoms with Crippen LogP contribution in [-0.2, 0) is 6.18 Å². The number of anilines is 1. The van der Waals surface area contributed by atoms with Gasteiger partial charge in [-0.15, -0.1) is 0 Å². The van der Waals surface area contributed by atoms with Crippen molar-refractivity contribution >= 4 is 11.7 Å². The summed E-state index contributed by atoms with van der Waals surface area (Å²) in [6, 6.07) is 7.58. The molecule has 1 atom stereocenters. The van der Waals surface area contributed by atoms with E-state index in [9.17, 15) is 18.0 Å². The van der Waals surface area contributed by atoms with Crippen LogP contribution in [0.5, 0.6) is 5.75 Å². The lowest BCUT2D eigenvalue weighted by Crippen LogP contribution is -2.34. The molecular formula is C17H16F3N3O2. The number of halogens is 3. The van der Waals surface area contributed by atoms with Crippen LogP contribution in [0.3, 0.4) is 0 Å². The molecule has 1 aromatic carbocycles. The van der Waals surface area contributed by atoms with Crippen LogP contribution in [-0.4, -0.2) is 35.1 Å². The maximum absolute atomic E-state index is 12.7. The highest BCUT2D eigenvalue weighted by molar-refractivity contribution is 5.89. The Hall–Kier alpha value is -2.77. The van der Waals surface area contributed by atoms with Crippen LogP contribution in [0, 0.1) is 0 Å². The zero-order valence-electron chi connectivity index (χ0n) is 13.2. The normalized spacial score (nSPS) is 17.4. The van der Waals surface area contributed by atoms with Crippen LogP contribution < -0.4 is 10.1 Å². The zero-order valence-corrected chi connectivity index (χ0v) is 13.2. The first kappa shape index (κ1) is 17.1. The Morgan fingerprint density at radius 3 is 2.72 bits per heavy atom. The Bertz CT molecular complexity index is 737. The molecule has 0 radical (unpaired) electrons. The smallest absolute Gasteiger partial charge is 0.416 e. The summed E-state index contributed by atoms with van der Waals surface area (Å²) >= 11 is 0. The van der Waals surface area contributed by atoms with Gasteiger partial charge in [-0.05, 0) is 30.3 Å². The predicted octanol–water partition coefficient (Wildman–Crippen LogP) is 3.79. The average molecular weight is 351 g/mol. The highest BCUT2D eigenvalue weighted by Crippen LogP contribution is 2.30. The lowest BCUT2D eigenvalue weighted by atomic mass is 10.2. The quantitative estimate of drug-likeness (QED) is 0.915. The van der Waals surface area contributed by atoms with E-state index in [1.807, 2.05) is 0 Å². The fraction of sp³-hybridized carbons (Fsp3) is 0.294. The number of ether oxygens (including phenoxy) is 1. The first-order valence-electron chi connectivity index (χ1n) is 7.72. The monoisotopic (exact) mass is 351 g/mol. The number of amides is 2. The number of hydrogen-bond acceptors (Lipinski definition) is 3. The molecule has 0 saturated carbocycles. The van der Waals surface area contributed by atoms with E-state index in [2.05, 4.69) is 10.3 Å². The van der Waals surface area contributed by atoms with Crippen molar-refractivity contribution in [2.24, 2.45) is 0 Å². The molecule has 1 aliphatic heterocycles. The molecule has 2 amide bonds. The number of nitrogens with one attached hydrogen (secondary N) is 1. The summed E-state index contributed by atoms with van der Waals surface area (Å²) < 4.78 is 43.9. The van der Waals surface area contributed by atoms with E-state index in [-0.39, 0.29) is 11.8 Å². The van der Waals surface area contributed by atoms with Gasteiger partial charge in [0.2, 0.25) is 0 Å². The summed E-state index contributed by atoms with van der Waals surface area (Å²) in [5, 5.41) is 2.50. The highest BCUT2D eigenvalue weighted by Gasteiger charge is 2.31. The van der Waals surface area contributed by atoms with E-state index in [4.69, 9.17) is 4.74 Å². The third-order valence-corrected chi connectivity index (χ3v) is 3.83. The fourth-order valence-electron chi connectivity index (χ4n) is 2.59. The molecule has 0 spiro atoms. The average Bonchev–Trinajstić information content (AvgIpc) is 3.04. The van der Waals surface area contributed by atoms with E-state index < -0.39 is 17.8 Å². The molecule has 3 rings (SSSR count). The van der Waals surface area contributed by atoms with E-state index in [0.717, 1.165) is 12.1 Å². The van der Waals surface area contributed by atoms with Gasteiger partial charge in [-0.25, -0.2) is 4.79 Å². The Morgan fingerprint density at radius 1 is 1.24 bits per heavy atom. The number of likely N-dealkylation sites (tertiary alicyclic amines) is 1. The van der Waals surface area contributed by atoms with Gasteiger partial charge in [0.25, 0.3) is 0 Å². The van der Waals surface area contributed by atoms with Gasteiger partial charge in [0.1, 0.15) is 11.9 Å². The number of pyridine rings is 1. The Labute approximate surface area is 142 Å². The largest absolute Gasteiger partial charge is 0.488 e. The standard InChI is InChI=1S/C17H16F3N3O2/c18-17(19,20)12-2-1-3-13(10-12)22-16(24)23-9-6-15(11-23)25-14-4-7-21-8-5-14/h1-5,7-8,10,15H,6,9,11H2,(H,22,24)/t15-/m0/s1. The number of carbonyl (C=O) groups is 1. The van der Waals surface area contributed by atoms with E-state index >= 15 is 0 Å². The van der Waals surface area contributed by atoms with Crippen molar-refractivity contribution in [2.75, 3.05) is 18.4 Å². The van der Waals surface area contributed by atoms with Gasteiger partial charge in [0, 0.05) is 31.0 Å². The molecule has 1 saturated heterocycles. The number of aromatic nitrogens is 1. The first-order chi connectivity index (χ1) is 11.9. The number of rotatable bonds is 3. The highest BCUT2D eigenvalue weighted by atomic mass is 19.4. The van der Waals surface area contributed by atoms with Crippen molar-refractivity contribution in [3.8, 4) is 5.75 Å². The van der Waals surface area contributed by atoms with Gasteiger partial charge in [0.05, 0.1) is 12.1 Å². The fourth-order valence-corrected chi connectivity index (χ4v) is 2.59. The minimum Gasteiger partial charge on any atom is -0.488 e. The molecule has 2 aromatic rings. The molecule has 132 valence electrons. The van der Waals surface area contributed by atoms with E-state index in [1.54, 1.807) is 24.5 Å². The molecule has 0 unspecified atom stereocenters. The molecule has 25 heavy (non-hydrogen) atoms. The third-order valence-electron chi connectivity index (χ3n) is 3.83. The van der Waals surface area contributed by atoms with Crippen molar-refractivity contribution in [1.29, 1.82) is 0 Å². The van der Waals surface area contributed by atoms with Crippen molar-refractivity contribution in [3.05, 3.63) is 54.4 Å². The predicted molar refractivity (Wildman–Crippen MR) is 85.3 cm³/mol. The minimum atomic E-state index is -4.45. The number of alkyl halides is 3. The maximum atomic E-state index is 12.7. The molecule has 0 aliphatic carbocycles. The summed E-state index contributed by atoms with van der Waals surface area (Å²) in [7, 11) is 0. The molecule has 8 heteroatoms. The van der Waals surface area contributed by atoms with Crippen molar-refractivity contribution < 1.29 is 22.7 Å². The van der Waals surface area contributed by atoms with Crippen LogP contribution in [0.25, 0.3) is 0 Å². The number of nitrogens with zero attached hydrogens (tertiary/aromatic N) is 2. The van der Waals surface area contributed by atoms with Gasteiger partial charge >= 0.3 is 12.2 Å². The maximum Gasteiger partial charge on any atom is 0.416 e. The molecule has 1 fully saturated rings. The summed E-state index contributed by atoms with van der Waals surface area (Å²) in [4.78, 5) is 17.7. The molecule has 1 aliphatic rings. The second-order valence-electron chi connectivity index (χ2n) is 5.67. The number of carbonyl (C=O) groups excluding carboxylic acids is 1. The summed E-state index contributed by atoms with van der Waals surface area (Å²) in [6.45, 7) is 0.841. The van der Waals surface area contributed by atoms with Crippen molar-refractivity contribution in [2.45, 2.75) is 18.7 Å². The molecular weight excluding hydrogens is 335 g/mol. The van der Waals surface area contributed by atoms with E-state index in [1.165, 1.54) is 17.0 Å². The molecule has 2 heterocycles. The van der Waals surface area contributed by atoms with E-state index in [0.29, 0.717) is 25.3 Å². The number of urea groups is 1. The van der Waals surface area contributed by atoms with Gasteiger partial charge in [-0.3, -0.25) is 4.98 Å². The van der Waals surface area contributed by atoms with Gasteiger partial charge in [-0.1, -0.05) is 6.07 Å². The third kappa shape index (κ3) is 4.40. The molecule has 1 N–H and O–H groups in total. The van der Waals surface area contributed by atoms with Crippen molar-refractivity contribution in [1.82, 2.24) is 9.88 Å². The van der Waals surface area contributed by atoms with Crippen LogP contribution in [0.2, 0.25) is 0 Å². The Balaban J connectivity index is 1.58. The number of benzene rings is 1. The topological polar surface area (TPSA) is 54.5 Å². The first-order valence-corrected chi connectivity index (χ1v) is 7.72. The Morgan fingerprint density at radius 2 is 2.00 bits per heavy atom. The van der Waals surface area contributed by atoms with Crippen LogP contribution >= 0.6 is 0 Å². The second-order valence-corrected chi connectivity index (χ2v) is 5.67. The Kier molecular flexibility index (Phi) is 4.78. The second kappa shape index (κ2) is 7.00. The lowest BCUT2D eigenvalue weighted by Gasteiger charge is -2.18. The molecule has 0 bridgehead atoms. The van der Waals surface area contributed by atoms with Gasteiger partial charge in [0.15, 0.2) is 0 Å². The zero-order chi connectivity index (χ0) is 17.9. The summed E-state index contributed by atoms with van der Waals surface area (Å²) in [6.07, 6.45) is -0.726.